The lowest BCUT2D eigenvalue weighted by Gasteiger charge is -2.25. The van der Waals surface area contributed by atoms with Gasteiger partial charge in [-0.1, -0.05) is 30.5 Å². The minimum Gasteiger partial charge on any atom is -0.493 e. The molecule has 1 aliphatic rings. The molecule has 0 atom stereocenters. The van der Waals surface area contributed by atoms with E-state index in [9.17, 15) is 13.2 Å². The summed E-state index contributed by atoms with van der Waals surface area (Å²) in [6, 6.07) is 11.4. The van der Waals surface area contributed by atoms with Gasteiger partial charge in [-0.05, 0) is 44.0 Å². The first-order valence-corrected chi connectivity index (χ1v) is 13.5. The fraction of sp³-hybridized carbons (Fsp3) is 0.458. The van der Waals surface area contributed by atoms with Crippen LogP contribution in [0.1, 0.15) is 31.2 Å². The Balaban J connectivity index is 1.79. The summed E-state index contributed by atoms with van der Waals surface area (Å²) in [5.74, 6) is 1.32. The molecule has 0 aromatic heterocycles. The summed E-state index contributed by atoms with van der Waals surface area (Å²) in [5.41, 5.74) is 1.27. The summed E-state index contributed by atoms with van der Waals surface area (Å²) < 4.78 is 38.7. The van der Waals surface area contributed by atoms with Crippen LogP contribution in [0.15, 0.2) is 47.4 Å². The Kier molecular flexibility index (Phi) is 8.91. The Hall–Kier alpha value is -2.39. The van der Waals surface area contributed by atoms with Gasteiger partial charge in [0.1, 0.15) is 6.54 Å². The number of nitrogens with zero attached hydrogens (tertiary/aromatic N) is 1. The zero-order valence-electron chi connectivity index (χ0n) is 19.4. The number of sulfonamides is 1. The molecule has 180 valence electrons. The van der Waals surface area contributed by atoms with Gasteiger partial charge in [-0.25, -0.2) is 8.42 Å². The van der Waals surface area contributed by atoms with Gasteiger partial charge in [-0.2, -0.15) is 11.8 Å². The Labute approximate surface area is 200 Å². The van der Waals surface area contributed by atoms with Gasteiger partial charge in [0.05, 0.1) is 24.8 Å². The van der Waals surface area contributed by atoms with Gasteiger partial charge < -0.3 is 14.8 Å². The molecule has 0 heterocycles. The standard InChI is InChI=1S/C24H32N2O5S2/c1-18-8-11-21(12-9-18)33(28,29)26(19-10-13-22(30-2)23(16-19)31-3)17-24(27)25-14-15-32-20-6-4-5-7-20/h8-13,16,20H,4-7,14-15,17H2,1-3H3,(H,25,27). The molecule has 1 amide bonds. The van der Waals surface area contributed by atoms with E-state index in [4.69, 9.17) is 9.47 Å². The van der Waals surface area contributed by atoms with Crippen LogP contribution < -0.4 is 19.1 Å². The predicted octanol–water partition coefficient (Wildman–Crippen LogP) is 4.00. The van der Waals surface area contributed by atoms with Crippen LogP contribution in [0.5, 0.6) is 11.5 Å². The first kappa shape index (κ1) is 25.2. The number of methoxy groups -OCH3 is 2. The fourth-order valence-electron chi connectivity index (χ4n) is 3.79. The van der Waals surface area contributed by atoms with Crippen molar-refractivity contribution in [2.24, 2.45) is 0 Å². The number of rotatable bonds is 11. The minimum atomic E-state index is -3.98. The van der Waals surface area contributed by atoms with Crippen molar-refractivity contribution in [3.05, 3.63) is 48.0 Å². The minimum absolute atomic E-state index is 0.118. The quantitative estimate of drug-likeness (QED) is 0.477. The molecule has 0 saturated heterocycles. The lowest BCUT2D eigenvalue weighted by Crippen LogP contribution is -2.41. The number of amides is 1. The Morgan fingerprint density at radius 3 is 2.36 bits per heavy atom. The van der Waals surface area contributed by atoms with E-state index < -0.39 is 10.0 Å². The third kappa shape index (κ3) is 6.57. The van der Waals surface area contributed by atoms with E-state index in [1.54, 1.807) is 42.5 Å². The monoisotopic (exact) mass is 492 g/mol. The first-order valence-electron chi connectivity index (χ1n) is 11.0. The SMILES string of the molecule is COc1ccc(N(CC(=O)NCCSC2CCCC2)S(=O)(=O)c2ccc(C)cc2)cc1OC. The highest BCUT2D eigenvalue weighted by molar-refractivity contribution is 7.99. The van der Waals surface area contributed by atoms with E-state index in [1.165, 1.54) is 39.9 Å². The molecular formula is C24H32N2O5S2. The lowest BCUT2D eigenvalue weighted by atomic mass is 10.2. The molecule has 0 spiro atoms. The van der Waals surface area contributed by atoms with Gasteiger partial charge in [0.25, 0.3) is 10.0 Å². The maximum atomic E-state index is 13.5. The van der Waals surface area contributed by atoms with Crippen molar-refractivity contribution < 1.29 is 22.7 Å². The van der Waals surface area contributed by atoms with Crippen molar-refractivity contribution in [1.82, 2.24) is 5.32 Å². The molecule has 0 unspecified atom stereocenters. The molecule has 33 heavy (non-hydrogen) atoms. The van der Waals surface area contributed by atoms with Crippen molar-refractivity contribution in [1.29, 1.82) is 0 Å². The number of hydrogen-bond acceptors (Lipinski definition) is 6. The first-order chi connectivity index (χ1) is 15.8. The third-order valence-corrected chi connectivity index (χ3v) is 8.80. The number of anilines is 1. The van der Waals surface area contributed by atoms with Crippen molar-refractivity contribution in [2.75, 3.05) is 37.4 Å². The number of aryl methyl sites for hydroxylation is 1. The van der Waals surface area contributed by atoms with E-state index in [0.717, 1.165) is 15.6 Å². The van der Waals surface area contributed by atoms with Gasteiger partial charge in [0.2, 0.25) is 5.91 Å². The average molecular weight is 493 g/mol. The Bertz CT molecular complexity index is 1040. The van der Waals surface area contributed by atoms with Crippen molar-refractivity contribution in [3.63, 3.8) is 0 Å². The second-order valence-corrected chi connectivity index (χ2v) is 11.3. The molecule has 0 radical (unpaired) electrons. The molecule has 0 aliphatic heterocycles. The molecule has 3 rings (SSSR count). The van der Waals surface area contributed by atoms with E-state index in [1.807, 2.05) is 18.7 Å². The summed E-state index contributed by atoms with van der Waals surface area (Å²) in [6.45, 7) is 2.06. The number of nitrogens with one attached hydrogen (secondary N) is 1. The Morgan fingerprint density at radius 1 is 1.06 bits per heavy atom. The highest BCUT2D eigenvalue weighted by atomic mass is 32.2. The van der Waals surface area contributed by atoms with Gasteiger partial charge in [-0.15, -0.1) is 0 Å². The van der Waals surface area contributed by atoms with E-state index >= 15 is 0 Å². The van der Waals surface area contributed by atoms with Crippen LogP contribution in [0.25, 0.3) is 0 Å². The zero-order valence-corrected chi connectivity index (χ0v) is 21.0. The fourth-order valence-corrected chi connectivity index (χ4v) is 6.42. The second kappa shape index (κ2) is 11.7. The molecule has 9 heteroatoms. The normalized spacial score (nSPS) is 14.2. The summed E-state index contributed by atoms with van der Waals surface area (Å²) >= 11 is 1.88. The molecule has 1 N–H and O–H groups in total. The van der Waals surface area contributed by atoms with Crippen LogP contribution in [0.4, 0.5) is 5.69 Å². The average Bonchev–Trinajstić information content (AvgIpc) is 3.33. The number of ether oxygens (including phenoxy) is 2. The smallest absolute Gasteiger partial charge is 0.264 e. The highest BCUT2D eigenvalue weighted by Crippen LogP contribution is 2.34. The van der Waals surface area contributed by atoms with Crippen LogP contribution in [0.2, 0.25) is 0 Å². The van der Waals surface area contributed by atoms with Crippen LogP contribution in [-0.4, -0.2) is 52.6 Å². The molecule has 2 aromatic carbocycles. The Morgan fingerprint density at radius 2 is 1.73 bits per heavy atom. The molecule has 2 aromatic rings. The summed E-state index contributed by atoms with van der Waals surface area (Å²) in [4.78, 5) is 12.9. The van der Waals surface area contributed by atoms with Crippen LogP contribution >= 0.6 is 11.8 Å². The number of carbonyl (C=O) groups excluding carboxylic acids is 1. The number of thioether (sulfide) groups is 1. The van der Waals surface area contributed by atoms with Crippen LogP contribution in [0.3, 0.4) is 0 Å². The maximum absolute atomic E-state index is 13.5. The molecule has 1 saturated carbocycles. The molecule has 1 fully saturated rings. The zero-order chi connectivity index (χ0) is 23.8. The van der Waals surface area contributed by atoms with Gasteiger partial charge >= 0.3 is 0 Å². The highest BCUT2D eigenvalue weighted by Gasteiger charge is 2.28. The summed E-state index contributed by atoms with van der Waals surface area (Å²) in [5, 5.41) is 3.54. The van der Waals surface area contributed by atoms with Crippen molar-refractivity contribution >= 4 is 33.4 Å². The second-order valence-electron chi connectivity index (χ2n) is 7.99. The van der Waals surface area contributed by atoms with Crippen molar-refractivity contribution in [3.8, 4) is 11.5 Å². The third-order valence-electron chi connectivity index (χ3n) is 5.63. The molecule has 1 aliphatic carbocycles. The number of benzene rings is 2. The van der Waals surface area contributed by atoms with E-state index in [2.05, 4.69) is 5.32 Å². The van der Waals surface area contributed by atoms with Gasteiger partial charge in [0, 0.05) is 23.6 Å². The number of hydrogen-bond donors (Lipinski definition) is 1. The molecule has 7 nitrogen and oxygen atoms in total. The summed E-state index contributed by atoms with van der Waals surface area (Å²) in [6.07, 6.45) is 5.03. The number of carbonyl (C=O) groups is 1. The topological polar surface area (TPSA) is 84.9 Å². The van der Waals surface area contributed by atoms with Crippen LogP contribution in [0, 0.1) is 6.92 Å². The lowest BCUT2D eigenvalue weighted by molar-refractivity contribution is -0.119. The van der Waals surface area contributed by atoms with Gasteiger partial charge in [0.15, 0.2) is 11.5 Å². The van der Waals surface area contributed by atoms with Crippen molar-refractivity contribution in [2.45, 2.75) is 42.8 Å². The van der Waals surface area contributed by atoms with Gasteiger partial charge in [-0.3, -0.25) is 9.10 Å². The van der Waals surface area contributed by atoms with E-state index in [0.29, 0.717) is 29.0 Å². The molecular weight excluding hydrogens is 460 g/mol. The maximum Gasteiger partial charge on any atom is 0.264 e. The summed E-state index contributed by atoms with van der Waals surface area (Å²) in [7, 11) is -0.993. The molecule has 0 bridgehead atoms. The largest absolute Gasteiger partial charge is 0.493 e. The van der Waals surface area contributed by atoms with E-state index in [-0.39, 0.29) is 17.3 Å². The predicted molar refractivity (Wildman–Crippen MR) is 133 cm³/mol. The van der Waals surface area contributed by atoms with Crippen LogP contribution in [-0.2, 0) is 14.8 Å².